The van der Waals surface area contributed by atoms with Gasteiger partial charge in [-0.3, -0.25) is 9.59 Å². The Bertz CT molecular complexity index is 1360. The van der Waals surface area contributed by atoms with Crippen LogP contribution in [0.5, 0.6) is 17.2 Å². The van der Waals surface area contributed by atoms with Crippen molar-refractivity contribution < 1.29 is 38.1 Å². The van der Waals surface area contributed by atoms with Gasteiger partial charge in [0.25, 0.3) is 5.91 Å². The van der Waals surface area contributed by atoms with Crippen LogP contribution in [0, 0.1) is 5.92 Å². The fourth-order valence-electron chi connectivity index (χ4n) is 4.95. The molecule has 1 amide bonds. The Morgan fingerprint density at radius 3 is 2.07 bits per heavy atom. The number of carbonyl (C=O) groups is 3. The minimum Gasteiger partial charge on any atom is -0.494 e. The molecule has 0 N–H and O–H groups in total. The molecule has 0 unspecified atom stereocenters. The average molecular weight is 590 g/mol. The molecule has 0 atom stereocenters. The lowest BCUT2D eigenvalue weighted by atomic mass is 9.96. The quantitative estimate of drug-likeness (QED) is 0.191. The Balaban J connectivity index is 1.30. The summed E-state index contributed by atoms with van der Waals surface area (Å²) in [5.41, 5.74) is 2.77. The van der Waals surface area contributed by atoms with Gasteiger partial charge in [-0.25, -0.2) is 4.79 Å². The van der Waals surface area contributed by atoms with Crippen LogP contribution in [0.15, 0.2) is 66.7 Å². The first-order valence-electron chi connectivity index (χ1n) is 14.6. The first-order valence-corrected chi connectivity index (χ1v) is 14.6. The Kier molecular flexibility index (Phi) is 11.4. The largest absolute Gasteiger partial charge is 0.494 e. The number of methoxy groups -OCH3 is 2. The molecule has 1 fully saturated rings. The molecule has 1 aliphatic rings. The topological polar surface area (TPSA) is 101 Å². The molecule has 0 bridgehead atoms. The van der Waals surface area contributed by atoms with Gasteiger partial charge in [-0.05, 0) is 86.2 Å². The molecule has 3 aromatic rings. The molecule has 1 heterocycles. The third kappa shape index (κ3) is 8.73. The van der Waals surface area contributed by atoms with Crippen LogP contribution in [0.2, 0.25) is 0 Å². The number of benzene rings is 3. The van der Waals surface area contributed by atoms with Crippen molar-refractivity contribution in [1.82, 2.24) is 4.90 Å². The fraction of sp³-hybridized carbons (Fsp3) is 0.382. The minimum absolute atomic E-state index is 0.218. The number of esters is 2. The summed E-state index contributed by atoms with van der Waals surface area (Å²) < 4.78 is 27.1. The number of rotatable bonds is 13. The molecule has 43 heavy (non-hydrogen) atoms. The van der Waals surface area contributed by atoms with E-state index in [1.165, 1.54) is 20.3 Å². The predicted molar refractivity (Wildman–Crippen MR) is 161 cm³/mol. The SMILES string of the molecule is CCOc1ccc(COc2ccc(CCCOc3ccc(C(=O)OC)cc3C(=O)N3CCC(C(=O)OC)CC3)cc2)cc1. The standard InChI is InChI=1S/C34H39NO8/c1-4-41-28-14-9-25(10-15-28)23-43-29-12-7-24(8-13-29)6-5-21-42-31-16-11-27(34(38)40-3)22-30(31)32(36)35-19-17-26(18-20-35)33(37)39-2/h7-16,22,26H,4-6,17-21,23H2,1-3H3. The van der Waals surface area contributed by atoms with E-state index in [2.05, 4.69) is 0 Å². The lowest BCUT2D eigenvalue weighted by Gasteiger charge is -2.31. The Morgan fingerprint density at radius 1 is 0.791 bits per heavy atom. The van der Waals surface area contributed by atoms with E-state index in [0.29, 0.717) is 57.1 Å². The summed E-state index contributed by atoms with van der Waals surface area (Å²) >= 11 is 0. The van der Waals surface area contributed by atoms with Crippen molar-refractivity contribution in [2.75, 3.05) is 40.5 Å². The molecule has 4 rings (SSSR count). The summed E-state index contributed by atoms with van der Waals surface area (Å²) in [5, 5.41) is 0. The molecule has 9 nitrogen and oxygen atoms in total. The Morgan fingerprint density at radius 2 is 1.44 bits per heavy atom. The normalized spacial score (nSPS) is 13.2. The zero-order valence-corrected chi connectivity index (χ0v) is 25.0. The van der Waals surface area contributed by atoms with Gasteiger partial charge in [0.1, 0.15) is 23.9 Å². The van der Waals surface area contributed by atoms with Gasteiger partial charge in [-0.1, -0.05) is 24.3 Å². The molecule has 1 aliphatic heterocycles. The highest BCUT2D eigenvalue weighted by Crippen LogP contribution is 2.26. The molecule has 228 valence electrons. The molecule has 0 aliphatic carbocycles. The number of likely N-dealkylation sites (tertiary alicyclic amines) is 1. The molecule has 0 aromatic heterocycles. The van der Waals surface area contributed by atoms with Crippen LogP contribution in [-0.2, 0) is 27.3 Å². The number of nitrogens with zero attached hydrogens (tertiary/aromatic N) is 1. The van der Waals surface area contributed by atoms with Crippen molar-refractivity contribution in [2.24, 2.45) is 5.92 Å². The zero-order chi connectivity index (χ0) is 30.6. The van der Waals surface area contributed by atoms with Gasteiger partial charge in [0.15, 0.2) is 0 Å². The summed E-state index contributed by atoms with van der Waals surface area (Å²) in [5.74, 6) is 0.795. The summed E-state index contributed by atoms with van der Waals surface area (Å²) in [6.07, 6.45) is 2.56. The van der Waals surface area contributed by atoms with Gasteiger partial charge in [0, 0.05) is 13.1 Å². The maximum absolute atomic E-state index is 13.5. The maximum Gasteiger partial charge on any atom is 0.337 e. The predicted octanol–water partition coefficient (Wildman–Crippen LogP) is 5.49. The van der Waals surface area contributed by atoms with Crippen LogP contribution in [-0.4, -0.2) is 63.3 Å². The molecule has 3 aromatic carbocycles. The number of aryl methyl sites for hydroxylation is 1. The second-order valence-corrected chi connectivity index (χ2v) is 10.3. The lowest BCUT2D eigenvalue weighted by Crippen LogP contribution is -2.40. The van der Waals surface area contributed by atoms with Gasteiger partial charge in [-0.2, -0.15) is 0 Å². The van der Waals surface area contributed by atoms with Crippen LogP contribution in [0.1, 0.15) is 58.0 Å². The van der Waals surface area contributed by atoms with Crippen molar-refractivity contribution >= 4 is 17.8 Å². The van der Waals surface area contributed by atoms with Crippen LogP contribution in [0.3, 0.4) is 0 Å². The van der Waals surface area contributed by atoms with E-state index in [1.54, 1.807) is 17.0 Å². The molecule has 9 heteroatoms. The lowest BCUT2D eigenvalue weighted by molar-refractivity contribution is -0.146. The van der Waals surface area contributed by atoms with Crippen LogP contribution >= 0.6 is 0 Å². The first-order chi connectivity index (χ1) is 20.9. The molecular weight excluding hydrogens is 550 g/mol. The van der Waals surface area contributed by atoms with Crippen molar-refractivity contribution in [1.29, 1.82) is 0 Å². The molecular formula is C34H39NO8. The average Bonchev–Trinajstić information content (AvgIpc) is 3.06. The van der Waals surface area contributed by atoms with E-state index in [1.807, 2.05) is 55.5 Å². The third-order valence-corrected chi connectivity index (χ3v) is 7.38. The summed E-state index contributed by atoms with van der Waals surface area (Å²) in [6, 6.07) is 20.6. The number of hydrogen-bond acceptors (Lipinski definition) is 8. The zero-order valence-electron chi connectivity index (χ0n) is 25.0. The van der Waals surface area contributed by atoms with Crippen molar-refractivity contribution in [3.05, 3.63) is 89.0 Å². The third-order valence-electron chi connectivity index (χ3n) is 7.38. The van der Waals surface area contributed by atoms with Gasteiger partial charge < -0.3 is 28.6 Å². The van der Waals surface area contributed by atoms with Crippen molar-refractivity contribution in [3.63, 3.8) is 0 Å². The van der Waals surface area contributed by atoms with Gasteiger partial charge in [0.2, 0.25) is 0 Å². The van der Waals surface area contributed by atoms with E-state index in [-0.39, 0.29) is 23.4 Å². The minimum atomic E-state index is -0.531. The summed E-state index contributed by atoms with van der Waals surface area (Å²) in [7, 11) is 2.67. The van der Waals surface area contributed by atoms with E-state index >= 15 is 0 Å². The number of hydrogen-bond donors (Lipinski definition) is 0. The molecule has 0 radical (unpaired) electrons. The van der Waals surface area contributed by atoms with Crippen molar-refractivity contribution in [3.8, 4) is 17.2 Å². The summed E-state index contributed by atoms with van der Waals surface area (Å²) in [6.45, 7) is 4.29. The van der Waals surface area contributed by atoms with E-state index < -0.39 is 5.97 Å². The highest BCUT2D eigenvalue weighted by Gasteiger charge is 2.30. The number of ether oxygens (including phenoxy) is 5. The maximum atomic E-state index is 13.5. The number of carbonyl (C=O) groups excluding carboxylic acids is 3. The Hall–Kier alpha value is -4.53. The van der Waals surface area contributed by atoms with Crippen molar-refractivity contribution in [2.45, 2.75) is 39.2 Å². The second kappa shape index (κ2) is 15.6. The van der Waals surface area contributed by atoms with E-state index in [9.17, 15) is 14.4 Å². The molecule has 0 saturated carbocycles. The highest BCUT2D eigenvalue weighted by molar-refractivity contribution is 6.00. The van der Waals surface area contributed by atoms with Gasteiger partial charge >= 0.3 is 11.9 Å². The first kappa shape index (κ1) is 31.4. The Labute approximate surface area is 252 Å². The van der Waals surface area contributed by atoms with Gasteiger partial charge in [0.05, 0.1) is 44.5 Å². The highest BCUT2D eigenvalue weighted by atomic mass is 16.5. The summed E-state index contributed by atoms with van der Waals surface area (Å²) in [4.78, 5) is 39.2. The van der Waals surface area contributed by atoms with Crippen LogP contribution in [0.4, 0.5) is 0 Å². The number of amides is 1. The number of piperidine rings is 1. The van der Waals surface area contributed by atoms with Gasteiger partial charge in [-0.15, -0.1) is 0 Å². The monoisotopic (exact) mass is 589 g/mol. The molecule has 0 spiro atoms. The van der Waals surface area contributed by atoms with E-state index in [0.717, 1.165) is 35.5 Å². The molecule has 1 saturated heterocycles. The van der Waals surface area contributed by atoms with Crippen LogP contribution in [0.25, 0.3) is 0 Å². The smallest absolute Gasteiger partial charge is 0.337 e. The van der Waals surface area contributed by atoms with E-state index in [4.69, 9.17) is 23.7 Å². The van der Waals surface area contributed by atoms with Crippen LogP contribution < -0.4 is 14.2 Å². The second-order valence-electron chi connectivity index (χ2n) is 10.3. The fourth-order valence-corrected chi connectivity index (χ4v) is 4.95.